The molecule has 0 unspecified atom stereocenters. The highest BCUT2D eigenvalue weighted by Gasteiger charge is 2.52. The lowest BCUT2D eigenvalue weighted by atomic mass is 9.53. The van der Waals surface area contributed by atoms with Crippen molar-refractivity contribution in [2.45, 2.75) is 153 Å². The summed E-state index contributed by atoms with van der Waals surface area (Å²) in [4.78, 5) is 29.7. The van der Waals surface area contributed by atoms with E-state index in [0.29, 0.717) is 18.5 Å². The van der Waals surface area contributed by atoms with Crippen LogP contribution in [-0.2, 0) is 20.9 Å². The van der Waals surface area contributed by atoms with E-state index in [-0.39, 0.29) is 53.8 Å². The van der Waals surface area contributed by atoms with Crippen molar-refractivity contribution >= 4 is 17.6 Å². The fraction of sp³-hybridized carbons (Fsp3) is 0.682. The molecule has 9 heteroatoms. The molecule has 2 aliphatic heterocycles. The van der Waals surface area contributed by atoms with E-state index in [4.69, 9.17) is 9.47 Å². The van der Waals surface area contributed by atoms with Crippen LogP contribution in [0.4, 0.5) is 10.5 Å². The van der Waals surface area contributed by atoms with E-state index in [1.165, 1.54) is 38.5 Å². The fourth-order valence-electron chi connectivity index (χ4n) is 11.7. The summed E-state index contributed by atoms with van der Waals surface area (Å²) in [6, 6.07) is 16.0. The van der Waals surface area contributed by atoms with Crippen LogP contribution < -0.4 is 16.0 Å². The molecule has 0 spiro atoms. The molecule has 288 valence electrons. The number of aliphatic hydroxyl groups is 1. The molecular weight excluding hydrogens is 665 g/mol. The average molecular weight is 727 g/mol. The maximum absolute atomic E-state index is 13.9. The van der Waals surface area contributed by atoms with Gasteiger partial charge in [0.15, 0.2) is 6.29 Å². The van der Waals surface area contributed by atoms with Crippen LogP contribution >= 0.6 is 0 Å². The topological polar surface area (TPSA) is 112 Å². The van der Waals surface area contributed by atoms with E-state index in [0.717, 1.165) is 78.7 Å². The molecule has 7 atom stereocenters. The quantitative estimate of drug-likeness (QED) is 0.220. The summed E-state index contributed by atoms with van der Waals surface area (Å²) in [6.07, 6.45) is 13.1. The highest BCUT2D eigenvalue weighted by molar-refractivity contribution is 5.89. The Labute approximate surface area is 316 Å². The molecule has 4 N–H and O–H groups in total. The standard InChI is InChI=1S/C44H62N4O5/c1-27-38(25-48-36-8-6-5-7-32(36)15-18-37(48)40(50)46-43(2,3)4)52-41(53-39(27)33-11-9-28(26-49)10-12-33)34-13-16-35(17-14-34)45-42(51)47-44-22-29-19-30(23-44)21-31(20-29)24-44/h9-14,16-17,27,29-32,36-39,41,49H,5-8,15,18-26H2,1-4H3,(H,46,50)(H2,45,47,51)/t27-,29?,30?,31?,32-,36-,37-,38+,39+,41+,44?/m1/s1. The Bertz CT molecular complexity index is 1570. The van der Waals surface area contributed by atoms with Crippen LogP contribution in [0.5, 0.6) is 0 Å². The van der Waals surface area contributed by atoms with Crippen LogP contribution in [0.25, 0.3) is 0 Å². The van der Waals surface area contributed by atoms with Crippen LogP contribution in [0.2, 0.25) is 0 Å². The number of carbonyl (C=O) groups excluding carboxylic acids is 2. The van der Waals surface area contributed by atoms with Crippen molar-refractivity contribution < 1.29 is 24.2 Å². The predicted octanol–water partition coefficient (Wildman–Crippen LogP) is 8.00. The molecule has 2 aromatic rings. The van der Waals surface area contributed by atoms with Crippen molar-refractivity contribution in [1.29, 1.82) is 0 Å². The fourth-order valence-corrected chi connectivity index (χ4v) is 11.7. The number of anilines is 1. The summed E-state index contributed by atoms with van der Waals surface area (Å²) in [5.41, 5.74) is 3.20. The Balaban J connectivity index is 1.01. The van der Waals surface area contributed by atoms with Gasteiger partial charge in [-0.1, -0.05) is 56.2 Å². The normalized spacial score (nSPS) is 36.8. The van der Waals surface area contributed by atoms with Crippen molar-refractivity contribution in [3.63, 3.8) is 0 Å². The summed E-state index contributed by atoms with van der Waals surface area (Å²) in [5, 5.41) is 19.6. The van der Waals surface area contributed by atoms with Gasteiger partial charge in [-0.25, -0.2) is 4.79 Å². The molecule has 53 heavy (non-hydrogen) atoms. The van der Waals surface area contributed by atoms with E-state index in [9.17, 15) is 14.7 Å². The lowest BCUT2D eigenvalue weighted by Crippen LogP contribution is -2.61. The number of fused-ring (bicyclic) bond motifs is 1. The number of rotatable bonds is 8. The second-order valence-electron chi connectivity index (χ2n) is 18.9. The first-order valence-electron chi connectivity index (χ1n) is 20.7. The number of piperidine rings is 1. The third-order valence-corrected chi connectivity index (χ3v) is 13.7. The second kappa shape index (κ2) is 14.9. The minimum absolute atomic E-state index is 0.00774. The van der Waals surface area contributed by atoms with E-state index < -0.39 is 6.29 Å². The van der Waals surface area contributed by atoms with Crippen LogP contribution in [0.3, 0.4) is 0 Å². The highest BCUT2D eigenvalue weighted by Crippen LogP contribution is 2.55. The third-order valence-electron chi connectivity index (χ3n) is 13.7. The van der Waals surface area contributed by atoms with Gasteiger partial charge in [-0.3, -0.25) is 9.69 Å². The summed E-state index contributed by atoms with van der Waals surface area (Å²) < 4.78 is 13.7. The highest BCUT2D eigenvalue weighted by atomic mass is 16.7. The molecule has 3 amide bonds. The van der Waals surface area contributed by atoms with Gasteiger partial charge in [0.2, 0.25) is 5.91 Å². The lowest BCUT2D eigenvalue weighted by Gasteiger charge is -2.56. The number of likely N-dealkylation sites (tertiary alicyclic amines) is 1. The molecule has 7 fully saturated rings. The van der Waals surface area contributed by atoms with Gasteiger partial charge in [-0.05, 0) is 132 Å². The summed E-state index contributed by atoms with van der Waals surface area (Å²) in [5.74, 6) is 3.04. The number of aliphatic hydroxyl groups excluding tert-OH is 1. The Morgan fingerprint density at radius 2 is 1.49 bits per heavy atom. The minimum Gasteiger partial charge on any atom is -0.392 e. The molecule has 0 radical (unpaired) electrons. The number of hydrogen-bond donors (Lipinski definition) is 4. The average Bonchev–Trinajstić information content (AvgIpc) is 3.11. The Kier molecular flexibility index (Phi) is 10.4. The summed E-state index contributed by atoms with van der Waals surface area (Å²) >= 11 is 0. The summed E-state index contributed by atoms with van der Waals surface area (Å²) in [7, 11) is 0. The number of urea groups is 1. The first-order chi connectivity index (χ1) is 25.4. The number of amides is 3. The molecule has 5 aliphatic carbocycles. The molecule has 9 nitrogen and oxygen atoms in total. The zero-order chi connectivity index (χ0) is 36.9. The second-order valence-corrected chi connectivity index (χ2v) is 18.9. The summed E-state index contributed by atoms with van der Waals surface area (Å²) in [6.45, 7) is 9.01. The number of ether oxygens (including phenoxy) is 2. The molecular formula is C44H62N4O5. The minimum atomic E-state index is -0.623. The molecule has 4 bridgehead atoms. The molecule has 2 heterocycles. The van der Waals surface area contributed by atoms with Gasteiger partial charge in [-0.2, -0.15) is 0 Å². The molecule has 7 aliphatic rings. The molecule has 2 saturated heterocycles. The van der Waals surface area contributed by atoms with Gasteiger partial charge >= 0.3 is 6.03 Å². The lowest BCUT2D eigenvalue weighted by molar-refractivity contribution is -0.278. The Morgan fingerprint density at radius 3 is 2.13 bits per heavy atom. The van der Waals surface area contributed by atoms with Gasteiger partial charge in [0.05, 0.1) is 24.9 Å². The maximum Gasteiger partial charge on any atom is 0.319 e. The number of carbonyl (C=O) groups is 2. The number of nitrogens with zero attached hydrogens (tertiary/aromatic N) is 1. The maximum atomic E-state index is 13.9. The number of nitrogens with one attached hydrogen (secondary N) is 3. The van der Waals surface area contributed by atoms with E-state index in [1.54, 1.807) is 0 Å². The van der Waals surface area contributed by atoms with Crippen molar-refractivity contribution in [3.05, 3.63) is 65.2 Å². The predicted molar refractivity (Wildman–Crippen MR) is 206 cm³/mol. The first-order valence-corrected chi connectivity index (χ1v) is 20.7. The van der Waals surface area contributed by atoms with Crippen molar-refractivity contribution in [1.82, 2.24) is 15.5 Å². The number of hydrogen-bond acceptors (Lipinski definition) is 6. The Hall–Kier alpha value is -2.98. The molecule has 2 aromatic carbocycles. The van der Waals surface area contributed by atoms with Crippen LogP contribution in [0.1, 0.15) is 134 Å². The van der Waals surface area contributed by atoms with E-state index >= 15 is 0 Å². The van der Waals surface area contributed by atoms with Crippen molar-refractivity contribution in [2.75, 3.05) is 11.9 Å². The SMILES string of the molecule is C[C@@H]1[C@H](CN2[C@@H](C(=O)NC(C)(C)C)CC[C@H]3CCCC[C@H]32)O[C@H](c2ccc(NC(=O)NC34CC5CC(CC(C5)C3)C4)cc2)O[C@@H]1c1ccc(CO)cc1. The van der Waals surface area contributed by atoms with Gasteiger partial charge in [0.25, 0.3) is 0 Å². The monoisotopic (exact) mass is 726 g/mol. The third kappa shape index (κ3) is 8.05. The Morgan fingerprint density at radius 1 is 0.849 bits per heavy atom. The largest absolute Gasteiger partial charge is 0.392 e. The van der Waals surface area contributed by atoms with Gasteiger partial charge in [0.1, 0.15) is 0 Å². The molecule has 0 aromatic heterocycles. The van der Waals surface area contributed by atoms with Crippen molar-refractivity contribution in [3.8, 4) is 0 Å². The van der Waals surface area contributed by atoms with Gasteiger partial charge < -0.3 is 30.5 Å². The molecule has 5 saturated carbocycles. The number of benzene rings is 2. The smallest absolute Gasteiger partial charge is 0.319 e. The first kappa shape index (κ1) is 37.0. The van der Waals surface area contributed by atoms with E-state index in [2.05, 4.69) is 60.7 Å². The van der Waals surface area contributed by atoms with Crippen LogP contribution in [0.15, 0.2) is 48.5 Å². The zero-order valence-corrected chi connectivity index (χ0v) is 32.3. The van der Waals surface area contributed by atoms with Gasteiger partial charge in [0, 0.05) is 40.8 Å². The van der Waals surface area contributed by atoms with Crippen LogP contribution in [-0.4, -0.2) is 57.8 Å². The van der Waals surface area contributed by atoms with Gasteiger partial charge in [-0.15, -0.1) is 0 Å². The molecule has 9 rings (SSSR count). The van der Waals surface area contributed by atoms with E-state index in [1.807, 2.05) is 36.4 Å². The van der Waals surface area contributed by atoms with Crippen molar-refractivity contribution in [2.24, 2.45) is 29.6 Å². The zero-order valence-electron chi connectivity index (χ0n) is 32.3. The van der Waals surface area contributed by atoms with Crippen LogP contribution in [0, 0.1) is 29.6 Å².